The summed E-state index contributed by atoms with van der Waals surface area (Å²) in [5.74, 6) is 0.196. The lowest BCUT2D eigenvalue weighted by molar-refractivity contribution is 0.0839. The van der Waals surface area contributed by atoms with Crippen LogP contribution in [0, 0.1) is 6.92 Å². The van der Waals surface area contributed by atoms with Crippen LogP contribution in [0.3, 0.4) is 0 Å². The lowest BCUT2D eigenvalue weighted by atomic mass is 9.96. The van der Waals surface area contributed by atoms with Crippen LogP contribution in [-0.2, 0) is 0 Å². The number of hydrogen-bond acceptors (Lipinski definition) is 3. The number of nitrogens with two attached hydrogens (primary N) is 1. The van der Waals surface area contributed by atoms with Crippen molar-refractivity contribution in [3.63, 3.8) is 0 Å². The van der Waals surface area contributed by atoms with Gasteiger partial charge in [0.25, 0.3) is 0 Å². The van der Waals surface area contributed by atoms with E-state index in [9.17, 15) is 4.79 Å². The van der Waals surface area contributed by atoms with Crippen molar-refractivity contribution < 1.29 is 4.79 Å². The Morgan fingerprint density at radius 1 is 1.30 bits per heavy atom. The average molecular weight is 274 g/mol. The molecule has 1 aliphatic rings. The van der Waals surface area contributed by atoms with Crippen LogP contribution >= 0.6 is 0 Å². The second-order valence-corrected chi connectivity index (χ2v) is 6.11. The predicted octanol–water partition coefficient (Wildman–Crippen LogP) is 3.41. The van der Waals surface area contributed by atoms with Gasteiger partial charge in [-0.25, -0.2) is 0 Å². The summed E-state index contributed by atoms with van der Waals surface area (Å²) in [5, 5.41) is 0. The van der Waals surface area contributed by atoms with Gasteiger partial charge in [0.2, 0.25) is 0 Å². The molecule has 0 amide bonds. The molecule has 2 rings (SSSR count). The van der Waals surface area contributed by atoms with Crippen LogP contribution < -0.4 is 5.73 Å². The predicted molar refractivity (Wildman–Crippen MR) is 84.0 cm³/mol. The molecule has 1 fully saturated rings. The number of Topliss-reactive ketones (excluding diaryl/α,β-unsaturated/α-hetero) is 1. The Morgan fingerprint density at radius 3 is 2.55 bits per heavy atom. The third-order valence-corrected chi connectivity index (χ3v) is 4.57. The van der Waals surface area contributed by atoms with E-state index in [0.717, 1.165) is 17.7 Å². The molecule has 20 heavy (non-hydrogen) atoms. The molecule has 1 aromatic carbocycles. The number of nitrogens with zero attached hydrogens (tertiary/aromatic N) is 1. The van der Waals surface area contributed by atoms with E-state index in [2.05, 4.69) is 18.7 Å². The number of piperidine rings is 1. The maximum atomic E-state index is 12.3. The lowest BCUT2D eigenvalue weighted by Gasteiger charge is -2.38. The number of rotatable bonds is 4. The molecule has 0 aliphatic carbocycles. The van der Waals surface area contributed by atoms with Crippen molar-refractivity contribution in [3.8, 4) is 0 Å². The Balaban J connectivity index is 1.95. The maximum absolute atomic E-state index is 12.3. The zero-order valence-corrected chi connectivity index (χ0v) is 12.9. The molecule has 3 nitrogen and oxygen atoms in total. The van der Waals surface area contributed by atoms with Gasteiger partial charge < -0.3 is 5.73 Å². The molecule has 110 valence electrons. The summed E-state index contributed by atoms with van der Waals surface area (Å²) in [4.78, 5) is 14.8. The fraction of sp³-hybridized carbons (Fsp3) is 0.588. The monoisotopic (exact) mass is 274 g/mol. The average Bonchev–Trinajstić information content (AvgIpc) is 2.41. The number of hydrogen-bond donors (Lipinski definition) is 1. The molecule has 0 spiro atoms. The molecule has 2 N–H and O–H groups in total. The molecule has 3 heteroatoms. The molecule has 0 bridgehead atoms. The number of likely N-dealkylation sites (tertiary alicyclic amines) is 1. The Kier molecular flexibility index (Phi) is 4.81. The smallest absolute Gasteiger partial charge is 0.164 e. The van der Waals surface area contributed by atoms with E-state index in [4.69, 9.17) is 5.73 Å². The fourth-order valence-corrected chi connectivity index (χ4v) is 3.10. The van der Waals surface area contributed by atoms with Crippen molar-refractivity contribution in [3.05, 3.63) is 29.3 Å². The highest BCUT2D eigenvalue weighted by atomic mass is 16.1. The zero-order valence-electron chi connectivity index (χ0n) is 12.9. The van der Waals surface area contributed by atoms with Crippen LogP contribution in [0.4, 0.5) is 5.69 Å². The van der Waals surface area contributed by atoms with Crippen molar-refractivity contribution in [2.24, 2.45) is 0 Å². The lowest BCUT2D eigenvalue weighted by Crippen LogP contribution is -2.44. The zero-order chi connectivity index (χ0) is 14.7. The Bertz CT molecular complexity index is 474. The SMILES string of the molecule is Cc1ccc(C(=O)CCN2C(C)CCCC2C)cc1N. The molecular weight excluding hydrogens is 248 g/mol. The van der Waals surface area contributed by atoms with Gasteiger partial charge in [-0.05, 0) is 45.2 Å². The topological polar surface area (TPSA) is 46.3 Å². The number of ketones is 1. The largest absolute Gasteiger partial charge is 0.398 e. The van der Waals surface area contributed by atoms with Gasteiger partial charge in [0.1, 0.15) is 0 Å². The van der Waals surface area contributed by atoms with Gasteiger partial charge >= 0.3 is 0 Å². The van der Waals surface area contributed by atoms with E-state index in [-0.39, 0.29) is 5.78 Å². The first kappa shape index (κ1) is 15.0. The quantitative estimate of drug-likeness (QED) is 0.676. The summed E-state index contributed by atoms with van der Waals surface area (Å²) in [7, 11) is 0. The second-order valence-electron chi connectivity index (χ2n) is 6.11. The van der Waals surface area contributed by atoms with E-state index in [1.807, 2.05) is 19.1 Å². The highest BCUT2D eigenvalue weighted by molar-refractivity contribution is 5.97. The van der Waals surface area contributed by atoms with Gasteiger partial charge in [-0.2, -0.15) is 0 Å². The van der Waals surface area contributed by atoms with E-state index >= 15 is 0 Å². The van der Waals surface area contributed by atoms with Crippen molar-refractivity contribution in [2.45, 2.75) is 58.5 Å². The molecule has 1 saturated heterocycles. The summed E-state index contributed by atoms with van der Waals surface area (Å²) >= 11 is 0. The van der Waals surface area contributed by atoms with Crippen LogP contribution in [0.25, 0.3) is 0 Å². The molecule has 2 unspecified atom stereocenters. The number of nitrogen functional groups attached to an aromatic ring is 1. The minimum Gasteiger partial charge on any atom is -0.398 e. The van der Waals surface area contributed by atoms with Crippen LogP contribution in [0.1, 0.15) is 55.5 Å². The maximum Gasteiger partial charge on any atom is 0.164 e. The van der Waals surface area contributed by atoms with E-state index in [0.29, 0.717) is 24.2 Å². The van der Waals surface area contributed by atoms with Gasteiger partial charge in [0.15, 0.2) is 5.78 Å². The first-order valence-electron chi connectivity index (χ1n) is 7.64. The van der Waals surface area contributed by atoms with Gasteiger partial charge in [-0.3, -0.25) is 9.69 Å². The Morgan fingerprint density at radius 2 is 1.95 bits per heavy atom. The number of carbonyl (C=O) groups is 1. The van der Waals surface area contributed by atoms with Crippen LogP contribution in [0.15, 0.2) is 18.2 Å². The van der Waals surface area contributed by atoms with Gasteiger partial charge in [-0.1, -0.05) is 18.6 Å². The number of anilines is 1. The minimum absolute atomic E-state index is 0.196. The van der Waals surface area contributed by atoms with Crippen molar-refractivity contribution in [2.75, 3.05) is 12.3 Å². The molecule has 1 aliphatic heterocycles. The summed E-state index contributed by atoms with van der Waals surface area (Å²) < 4.78 is 0. The third-order valence-electron chi connectivity index (χ3n) is 4.57. The first-order chi connectivity index (χ1) is 9.49. The highest BCUT2D eigenvalue weighted by Crippen LogP contribution is 2.23. The molecule has 0 saturated carbocycles. The molecule has 1 aromatic rings. The summed E-state index contributed by atoms with van der Waals surface area (Å²) in [6.07, 6.45) is 4.38. The van der Waals surface area contributed by atoms with Crippen molar-refractivity contribution in [1.29, 1.82) is 0 Å². The molecule has 1 heterocycles. The van der Waals surface area contributed by atoms with Crippen LogP contribution in [0.5, 0.6) is 0 Å². The van der Waals surface area contributed by atoms with Gasteiger partial charge in [0, 0.05) is 36.3 Å². The number of aryl methyl sites for hydroxylation is 1. The number of benzene rings is 1. The van der Waals surface area contributed by atoms with E-state index in [1.54, 1.807) is 6.07 Å². The Labute approximate surface area is 122 Å². The molecular formula is C17H26N2O. The third kappa shape index (κ3) is 3.40. The fourth-order valence-electron chi connectivity index (χ4n) is 3.10. The molecule has 0 aromatic heterocycles. The minimum atomic E-state index is 0.196. The first-order valence-corrected chi connectivity index (χ1v) is 7.64. The highest BCUT2D eigenvalue weighted by Gasteiger charge is 2.24. The van der Waals surface area contributed by atoms with Crippen molar-refractivity contribution in [1.82, 2.24) is 4.90 Å². The van der Waals surface area contributed by atoms with Crippen molar-refractivity contribution >= 4 is 11.5 Å². The summed E-state index contributed by atoms with van der Waals surface area (Å²) in [5.41, 5.74) is 8.35. The summed E-state index contributed by atoms with van der Waals surface area (Å²) in [6, 6.07) is 6.80. The van der Waals surface area contributed by atoms with Crippen LogP contribution in [0.2, 0.25) is 0 Å². The molecule has 2 atom stereocenters. The summed E-state index contributed by atoms with van der Waals surface area (Å²) in [6.45, 7) is 7.35. The standard InChI is InChI=1S/C17H26N2O/c1-12-7-8-15(11-16(12)18)17(20)9-10-19-13(2)5-4-6-14(19)3/h7-8,11,13-14H,4-6,9-10,18H2,1-3H3. The van der Waals surface area contributed by atoms with Gasteiger partial charge in [0.05, 0.1) is 0 Å². The second kappa shape index (κ2) is 6.40. The van der Waals surface area contributed by atoms with E-state index < -0.39 is 0 Å². The Hall–Kier alpha value is -1.35. The normalized spacial score (nSPS) is 23.8. The van der Waals surface area contributed by atoms with E-state index in [1.165, 1.54) is 19.3 Å². The number of carbonyl (C=O) groups excluding carboxylic acids is 1. The van der Waals surface area contributed by atoms with Crippen LogP contribution in [-0.4, -0.2) is 29.3 Å². The van der Waals surface area contributed by atoms with Gasteiger partial charge in [-0.15, -0.1) is 0 Å². The molecule has 0 radical (unpaired) electrons.